The molecule has 3 aromatic carbocycles. The molecule has 0 aliphatic heterocycles. The second-order valence-corrected chi connectivity index (χ2v) is 7.65. The first-order valence-corrected chi connectivity index (χ1v) is 10.4. The van der Waals surface area contributed by atoms with E-state index in [0.29, 0.717) is 13.0 Å². The molecule has 0 saturated heterocycles. The number of para-hydroxylation sites is 2. The number of aromatic nitrogens is 2. The molecule has 0 aliphatic rings. The van der Waals surface area contributed by atoms with Crippen LogP contribution in [0.2, 0.25) is 0 Å². The lowest BCUT2D eigenvalue weighted by Crippen LogP contribution is -2.12. The van der Waals surface area contributed by atoms with Crippen LogP contribution in [0.25, 0.3) is 11.0 Å². The van der Waals surface area contributed by atoms with Gasteiger partial charge in [-0.15, -0.1) is 0 Å². The minimum absolute atomic E-state index is 0.573. The average Bonchev–Trinajstić information content (AvgIpc) is 3.13. The highest BCUT2D eigenvalue weighted by atomic mass is 16.5. The summed E-state index contributed by atoms with van der Waals surface area (Å²) in [6, 6.07) is 20.5. The van der Waals surface area contributed by atoms with E-state index in [-0.39, 0.29) is 0 Å². The Morgan fingerprint density at radius 3 is 2.45 bits per heavy atom. The van der Waals surface area contributed by atoms with Crippen LogP contribution in [0.15, 0.2) is 60.7 Å². The maximum atomic E-state index is 6.13. The summed E-state index contributed by atoms with van der Waals surface area (Å²) in [5.74, 6) is 3.38. The molecule has 0 unspecified atom stereocenters. The fourth-order valence-electron chi connectivity index (χ4n) is 3.79. The number of hydrogen-bond donors (Lipinski definition) is 0. The molecule has 160 valence electrons. The highest BCUT2D eigenvalue weighted by molar-refractivity contribution is 5.76. The van der Waals surface area contributed by atoms with Gasteiger partial charge in [0, 0.05) is 6.42 Å². The number of benzene rings is 3. The Hall–Kier alpha value is -3.47. The standard InChI is InChI=1S/C26H28N2O3/c1-18-9-10-19(2)24(15-18)31-14-13-28-22-8-6-5-7-21(22)27-26(28)17-20-11-12-23(29-3)25(16-20)30-4/h5-12,15-16H,13-14,17H2,1-4H3. The number of nitrogens with zero attached hydrogens (tertiary/aromatic N) is 2. The maximum absolute atomic E-state index is 6.13. The van der Waals surface area contributed by atoms with E-state index < -0.39 is 0 Å². The van der Waals surface area contributed by atoms with Crippen molar-refractivity contribution in [3.05, 3.63) is 83.2 Å². The van der Waals surface area contributed by atoms with Gasteiger partial charge in [0.25, 0.3) is 0 Å². The molecule has 0 radical (unpaired) electrons. The van der Waals surface area contributed by atoms with Crippen molar-refractivity contribution in [2.75, 3.05) is 20.8 Å². The molecule has 0 amide bonds. The van der Waals surface area contributed by atoms with Crippen molar-refractivity contribution in [3.63, 3.8) is 0 Å². The smallest absolute Gasteiger partial charge is 0.161 e. The molecule has 4 rings (SSSR count). The third-order valence-electron chi connectivity index (χ3n) is 5.46. The van der Waals surface area contributed by atoms with Gasteiger partial charge in [0.05, 0.1) is 31.8 Å². The van der Waals surface area contributed by atoms with Gasteiger partial charge < -0.3 is 18.8 Å². The zero-order chi connectivity index (χ0) is 21.8. The van der Waals surface area contributed by atoms with Crippen molar-refractivity contribution >= 4 is 11.0 Å². The van der Waals surface area contributed by atoms with Gasteiger partial charge in [0.2, 0.25) is 0 Å². The number of hydrogen-bond acceptors (Lipinski definition) is 4. The largest absolute Gasteiger partial charge is 0.493 e. The van der Waals surface area contributed by atoms with Gasteiger partial charge in [-0.05, 0) is 60.9 Å². The molecule has 5 heteroatoms. The van der Waals surface area contributed by atoms with Crippen LogP contribution in [0.4, 0.5) is 0 Å². The van der Waals surface area contributed by atoms with Crippen molar-refractivity contribution in [2.24, 2.45) is 0 Å². The summed E-state index contributed by atoms with van der Waals surface area (Å²) in [6.45, 7) is 5.45. The number of aryl methyl sites for hydroxylation is 2. The Morgan fingerprint density at radius 2 is 1.65 bits per heavy atom. The number of fused-ring (bicyclic) bond motifs is 1. The molecule has 0 aliphatic carbocycles. The lowest BCUT2D eigenvalue weighted by Gasteiger charge is -2.13. The summed E-state index contributed by atoms with van der Waals surface area (Å²) in [4.78, 5) is 4.90. The van der Waals surface area contributed by atoms with E-state index in [4.69, 9.17) is 19.2 Å². The van der Waals surface area contributed by atoms with Crippen molar-refractivity contribution in [3.8, 4) is 17.2 Å². The first-order valence-electron chi connectivity index (χ1n) is 10.4. The van der Waals surface area contributed by atoms with E-state index in [0.717, 1.165) is 51.8 Å². The van der Waals surface area contributed by atoms with Gasteiger partial charge >= 0.3 is 0 Å². The van der Waals surface area contributed by atoms with E-state index in [9.17, 15) is 0 Å². The summed E-state index contributed by atoms with van der Waals surface area (Å²) in [6.07, 6.45) is 0.693. The summed E-state index contributed by atoms with van der Waals surface area (Å²) in [5, 5.41) is 0. The van der Waals surface area contributed by atoms with Gasteiger partial charge in [0.15, 0.2) is 11.5 Å². The zero-order valence-corrected chi connectivity index (χ0v) is 18.5. The minimum atomic E-state index is 0.573. The van der Waals surface area contributed by atoms with Crippen LogP contribution in [0, 0.1) is 13.8 Å². The number of imidazole rings is 1. The Kier molecular flexibility index (Phi) is 6.12. The Labute approximate surface area is 183 Å². The Bertz CT molecular complexity index is 1200. The minimum Gasteiger partial charge on any atom is -0.493 e. The number of ether oxygens (including phenoxy) is 3. The predicted molar refractivity (Wildman–Crippen MR) is 123 cm³/mol. The van der Waals surface area contributed by atoms with E-state index in [2.05, 4.69) is 54.8 Å². The molecule has 31 heavy (non-hydrogen) atoms. The molecule has 0 saturated carbocycles. The molecular weight excluding hydrogens is 388 g/mol. The monoisotopic (exact) mass is 416 g/mol. The summed E-state index contributed by atoms with van der Waals surface area (Å²) >= 11 is 0. The quantitative estimate of drug-likeness (QED) is 0.389. The van der Waals surface area contributed by atoms with Crippen molar-refractivity contribution in [2.45, 2.75) is 26.8 Å². The second kappa shape index (κ2) is 9.13. The molecule has 4 aromatic rings. The van der Waals surface area contributed by atoms with Crippen LogP contribution in [-0.4, -0.2) is 30.4 Å². The highest BCUT2D eigenvalue weighted by Crippen LogP contribution is 2.29. The van der Waals surface area contributed by atoms with Crippen molar-refractivity contribution in [1.82, 2.24) is 9.55 Å². The predicted octanol–water partition coefficient (Wildman–Crippen LogP) is 5.34. The van der Waals surface area contributed by atoms with Gasteiger partial charge in [-0.2, -0.15) is 0 Å². The number of rotatable bonds is 8. The molecule has 0 spiro atoms. The van der Waals surface area contributed by atoms with Crippen LogP contribution in [0.1, 0.15) is 22.5 Å². The van der Waals surface area contributed by atoms with Crippen LogP contribution in [-0.2, 0) is 13.0 Å². The Morgan fingerprint density at radius 1 is 0.839 bits per heavy atom. The average molecular weight is 417 g/mol. The highest BCUT2D eigenvalue weighted by Gasteiger charge is 2.13. The Balaban J connectivity index is 1.59. The molecule has 1 heterocycles. The van der Waals surface area contributed by atoms with E-state index in [1.54, 1.807) is 14.2 Å². The van der Waals surface area contributed by atoms with Crippen molar-refractivity contribution < 1.29 is 14.2 Å². The van der Waals surface area contributed by atoms with Gasteiger partial charge in [-0.25, -0.2) is 4.98 Å². The topological polar surface area (TPSA) is 45.5 Å². The molecule has 0 N–H and O–H groups in total. The molecule has 1 aromatic heterocycles. The van der Waals surface area contributed by atoms with Crippen LogP contribution in [0.5, 0.6) is 17.2 Å². The van der Waals surface area contributed by atoms with E-state index >= 15 is 0 Å². The third-order valence-corrected chi connectivity index (χ3v) is 5.46. The van der Waals surface area contributed by atoms with Gasteiger partial charge in [-0.3, -0.25) is 0 Å². The molecule has 0 bridgehead atoms. The lowest BCUT2D eigenvalue weighted by atomic mass is 10.1. The zero-order valence-electron chi connectivity index (χ0n) is 18.5. The van der Waals surface area contributed by atoms with Crippen molar-refractivity contribution in [1.29, 1.82) is 0 Å². The second-order valence-electron chi connectivity index (χ2n) is 7.65. The fraction of sp³-hybridized carbons (Fsp3) is 0.269. The fourth-order valence-corrected chi connectivity index (χ4v) is 3.79. The third kappa shape index (κ3) is 4.50. The summed E-state index contributed by atoms with van der Waals surface area (Å²) in [7, 11) is 3.30. The van der Waals surface area contributed by atoms with E-state index in [1.807, 2.05) is 24.3 Å². The van der Waals surface area contributed by atoms with Crippen LogP contribution >= 0.6 is 0 Å². The summed E-state index contributed by atoms with van der Waals surface area (Å²) in [5.41, 5.74) is 5.56. The first kappa shape index (κ1) is 20.8. The molecule has 0 atom stereocenters. The molecule has 5 nitrogen and oxygen atoms in total. The SMILES string of the molecule is COc1ccc(Cc2nc3ccccc3n2CCOc2cc(C)ccc2C)cc1OC. The van der Waals surface area contributed by atoms with Gasteiger partial charge in [-0.1, -0.05) is 30.3 Å². The molecule has 0 fully saturated rings. The summed E-state index contributed by atoms with van der Waals surface area (Å²) < 4.78 is 19.2. The van der Waals surface area contributed by atoms with E-state index in [1.165, 1.54) is 5.56 Å². The maximum Gasteiger partial charge on any atom is 0.161 e. The lowest BCUT2D eigenvalue weighted by molar-refractivity contribution is 0.296. The first-order chi connectivity index (χ1) is 15.1. The van der Waals surface area contributed by atoms with Crippen LogP contribution in [0.3, 0.4) is 0 Å². The molecular formula is C26H28N2O3. The van der Waals surface area contributed by atoms with Gasteiger partial charge in [0.1, 0.15) is 18.2 Å². The number of methoxy groups -OCH3 is 2. The normalized spacial score (nSPS) is 11.0. The van der Waals surface area contributed by atoms with Crippen LogP contribution < -0.4 is 14.2 Å².